The largest absolute Gasteiger partial charge is 0.366 e. The molecular weight excluding hydrogens is 260 g/mol. The molecule has 3 aromatic rings. The fourth-order valence-electron chi connectivity index (χ4n) is 2.48. The molecule has 104 valence electrons. The predicted octanol–water partition coefficient (Wildman–Crippen LogP) is 3.12. The van der Waals surface area contributed by atoms with Gasteiger partial charge in [-0.15, -0.1) is 0 Å². The average molecular weight is 276 g/mol. The number of benzene rings is 2. The molecule has 0 aliphatic carbocycles. The maximum atomic E-state index is 11.6. The molecule has 1 heterocycles. The van der Waals surface area contributed by atoms with Crippen LogP contribution in [0.25, 0.3) is 10.9 Å². The quantitative estimate of drug-likeness (QED) is 0.796. The Labute approximate surface area is 123 Å². The summed E-state index contributed by atoms with van der Waals surface area (Å²) in [6, 6.07) is 19.6. The van der Waals surface area contributed by atoms with Crippen molar-refractivity contribution in [2.75, 3.05) is 0 Å². The molecule has 0 unspecified atom stereocenters. The minimum atomic E-state index is -0.408. The molecular formula is C18H16N2O. The first-order valence-corrected chi connectivity index (χ1v) is 6.96. The summed E-state index contributed by atoms with van der Waals surface area (Å²) in [5.74, 6) is -0.408. The Balaban J connectivity index is 1.94. The number of fused-ring (bicyclic) bond motifs is 1. The molecule has 0 saturated carbocycles. The summed E-state index contributed by atoms with van der Waals surface area (Å²) in [6.45, 7) is 0. The van der Waals surface area contributed by atoms with Crippen LogP contribution in [0.5, 0.6) is 0 Å². The van der Waals surface area contributed by atoms with E-state index in [1.165, 1.54) is 5.56 Å². The lowest BCUT2D eigenvalue weighted by molar-refractivity contribution is 0.100. The molecule has 1 aromatic heterocycles. The monoisotopic (exact) mass is 276 g/mol. The summed E-state index contributed by atoms with van der Waals surface area (Å²) >= 11 is 0. The molecule has 3 nitrogen and oxygen atoms in total. The maximum Gasteiger partial charge on any atom is 0.249 e. The summed E-state index contributed by atoms with van der Waals surface area (Å²) < 4.78 is 0. The van der Waals surface area contributed by atoms with Crippen LogP contribution in [0.1, 0.15) is 21.6 Å². The molecule has 0 bridgehead atoms. The normalized spacial score (nSPS) is 10.7. The molecule has 0 spiro atoms. The number of aromatic nitrogens is 1. The zero-order valence-corrected chi connectivity index (χ0v) is 11.6. The third-order valence-electron chi connectivity index (χ3n) is 3.55. The number of para-hydroxylation sites is 1. The predicted molar refractivity (Wildman–Crippen MR) is 84.1 cm³/mol. The highest BCUT2D eigenvalue weighted by Crippen LogP contribution is 2.19. The van der Waals surface area contributed by atoms with Gasteiger partial charge >= 0.3 is 0 Å². The van der Waals surface area contributed by atoms with Gasteiger partial charge in [0.2, 0.25) is 5.91 Å². The lowest BCUT2D eigenvalue weighted by Crippen LogP contribution is -2.13. The summed E-state index contributed by atoms with van der Waals surface area (Å²) in [6.07, 6.45) is 1.68. The SMILES string of the molecule is NC(=O)c1cc(CCc2ccccc2)nc2ccccc12. The van der Waals surface area contributed by atoms with Gasteiger partial charge in [-0.3, -0.25) is 9.78 Å². The van der Waals surface area contributed by atoms with E-state index in [4.69, 9.17) is 5.73 Å². The second-order valence-electron chi connectivity index (χ2n) is 5.03. The molecule has 3 rings (SSSR count). The molecule has 0 saturated heterocycles. The Bertz CT molecular complexity index is 782. The van der Waals surface area contributed by atoms with E-state index in [-0.39, 0.29) is 0 Å². The van der Waals surface area contributed by atoms with Crippen LogP contribution < -0.4 is 5.73 Å². The van der Waals surface area contributed by atoms with E-state index in [9.17, 15) is 4.79 Å². The molecule has 1 amide bonds. The van der Waals surface area contributed by atoms with Crippen molar-refractivity contribution in [2.45, 2.75) is 12.8 Å². The Kier molecular flexibility index (Phi) is 3.65. The van der Waals surface area contributed by atoms with E-state index in [0.29, 0.717) is 5.56 Å². The van der Waals surface area contributed by atoms with Crippen LogP contribution in [0.2, 0.25) is 0 Å². The van der Waals surface area contributed by atoms with Gasteiger partial charge in [0.05, 0.1) is 11.1 Å². The number of hydrogen-bond acceptors (Lipinski definition) is 2. The fraction of sp³-hybridized carbons (Fsp3) is 0.111. The number of pyridine rings is 1. The summed E-state index contributed by atoms with van der Waals surface area (Å²) in [5, 5.41) is 0.813. The highest BCUT2D eigenvalue weighted by atomic mass is 16.1. The summed E-state index contributed by atoms with van der Waals surface area (Å²) in [7, 11) is 0. The fourth-order valence-corrected chi connectivity index (χ4v) is 2.48. The van der Waals surface area contributed by atoms with Gasteiger partial charge in [-0.25, -0.2) is 0 Å². The second kappa shape index (κ2) is 5.75. The molecule has 0 fully saturated rings. The van der Waals surface area contributed by atoms with Crippen LogP contribution in [-0.2, 0) is 12.8 Å². The maximum absolute atomic E-state index is 11.6. The molecule has 0 radical (unpaired) electrons. The number of primary amides is 1. The third kappa shape index (κ3) is 2.92. The lowest BCUT2D eigenvalue weighted by atomic mass is 10.0. The highest BCUT2D eigenvalue weighted by Gasteiger charge is 2.09. The van der Waals surface area contributed by atoms with Crippen molar-refractivity contribution in [3.63, 3.8) is 0 Å². The average Bonchev–Trinajstić information content (AvgIpc) is 2.53. The zero-order valence-electron chi connectivity index (χ0n) is 11.6. The number of carbonyl (C=O) groups excluding carboxylic acids is 1. The van der Waals surface area contributed by atoms with Crippen LogP contribution in [0.15, 0.2) is 60.7 Å². The number of hydrogen-bond donors (Lipinski definition) is 1. The van der Waals surface area contributed by atoms with Gasteiger partial charge < -0.3 is 5.73 Å². The van der Waals surface area contributed by atoms with E-state index in [2.05, 4.69) is 17.1 Å². The van der Waals surface area contributed by atoms with Crippen LogP contribution in [0.3, 0.4) is 0 Å². The summed E-state index contributed by atoms with van der Waals surface area (Å²) in [4.78, 5) is 16.3. The molecule has 21 heavy (non-hydrogen) atoms. The molecule has 0 atom stereocenters. The first-order valence-electron chi connectivity index (χ1n) is 6.96. The van der Waals surface area contributed by atoms with Crippen molar-refractivity contribution >= 4 is 16.8 Å². The lowest BCUT2D eigenvalue weighted by Gasteiger charge is -2.07. The number of rotatable bonds is 4. The number of nitrogens with two attached hydrogens (primary N) is 1. The number of nitrogens with zero attached hydrogens (tertiary/aromatic N) is 1. The van der Waals surface area contributed by atoms with Crippen molar-refractivity contribution in [3.8, 4) is 0 Å². The van der Waals surface area contributed by atoms with Crippen LogP contribution >= 0.6 is 0 Å². The van der Waals surface area contributed by atoms with E-state index in [1.54, 1.807) is 0 Å². The van der Waals surface area contributed by atoms with Crippen LogP contribution in [0.4, 0.5) is 0 Å². The Morgan fingerprint density at radius 1 is 0.952 bits per heavy atom. The van der Waals surface area contributed by atoms with E-state index >= 15 is 0 Å². The van der Waals surface area contributed by atoms with Gasteiger partial charge in [-0.1, -0.05) is 48.5 Å². The molecule has 0 aliphatic heterocycles. The smallest absolute Gasteiger partial charge is 0.249 e. The van der Waals surface area contributed by atoms with E-state index < -0.39 is 5.91 Å². The van der Waals surface area contributed by atoms with Gasteiger partial charge in [-0.2, -0.15) is 0 Å². The second-order valence-corrected chi connectivity index (χ2v) is 5.03. The number of carbonyl (C=O) groups is 1. The molecule has 2 N–H and O–H groups in total. The van der Waals surface area contributed by atoms with Gasteiger partial charge in [0.1, 0.15) is 0 Å². The standard InChI is InChI=1S/C18H16N2O/c19-18(21)16-12-14(11-10-13-6-2-1-3-7-13)20-17-9-5-4-8-15(16)17/h1-9,12H,10-11H2,(H2,19,21). The Morgan fingerprint density at radius 2 is 1.67 bits per heavy atom. The molecule has 0 aliphatic rings. The minimum Gasteiger partial charge on any atom is -0.366 e. The van der Waals surface area contributed by atoms with Crippen LogP contribution in [0, 0.1) is 0 Å². The van der Waals surface area contributed by atoms with E-state index in [0.717, 1.165) is 29.4 Å². The molecule has 2 aromatic carbocycles. The topological polar surface area (TPSA) is 56.0 Å². The van der Waals surface area contributed by atoms with E-state index in [1.807, 2.05) is 48.5 Å². The van der Waals surface area contributed by atoms with Crippen molar-refractivity contribution in [1.82, 2.24) is 4.98 Å². The van der Waals surface area contributed by atoms with Crippen molar-refractivity contribution in [2.24, 2.45) is 5.73 Å². The third-order valence-corrected chi connectivity index (χ3v) is 3.55. The first kappa shape index (κ1) is 13.3. The zero-order chi connectivity index (χ0) is 14.7. The van der Waals surface area contributed by atoms with Gasteiger partial charge in [0, 0.05) is 11.1 Å². The highest BCUT2D eigenvalue weighted by molar-refractivity contribution is 6.05. The van der Waals surface area contributed by atoms with Gasteiger partial charge in [0.25, 0.3) is 0 Å². The Morgan fingerprint density at radius 3 is 2.43 bits per heavy atom. The van der Waals surface area contributed by atoms with Gasteiger partial charge in [-0.05, 0) is 30.5 Å². The van der Waals surface area contributed by atoms with Crippen molar-refractivity contribution in [1.29, 1.82) is 0 Å². The van der Waals surface area contributed by atoms with Crippen molar-refractivity contribution in [3.05, 3.63) is 77.5 Å². The molecule has 3 heteroatoms. The number of aryl methyl sites for hydroxylation is 2. The van der Waals surface area contributed by atoms with Crippen LogP contribution in [-0.4, -0.2) is 10.9 Å². The number of amides is 1. The summed E-state index contributed by atoms with van der Waals surface area (Å²) in [5.41, 5.74) is 9.00. The minimum absolute atomic E-state index is 0.408. The Hall–Kier alpha value is -2.68. The van der Waals surface area contributed by atoms with Crippen molar-refractivity contribution < 1.29 is 4.79 Å². The van der Waals surface area contributed by atoms with Gasteiger partial charge in [0.15, 0.2) is 0 Å². The first-order chi connectivity index (χ1) is 10.2.